The van der Waals surface area contributed by atoms with Crippen LogP contribution in [0.2, 0.25) is 5.02 Å². The zero-order chi connectivity index (χ0) is 8.43. The van der Waals surface area contributed by atoms with Crippen LogP contribution < -0.4 is 4.90 Å². The topological polar surface area (TPSA) is 23.5 Å². The van der Waals surface area contributed by atoms with E-state index < -0.39 is 0 Å². The van der Waals surface area contributed by atoms with Gasteiger partial charge in [-0.3, -0.25) is 0 Å². The van der Waals surface area contributed by atoms with Crippen molar-refractivity contribution >= 4 is 17.3 Å². The molecule has 0 spiro atoms. The number of hydrogen-bond acceptors (Lipinski definition) is 2. The molecule has 0 saturated carbocycles. The van der Waals surface area contributed by atoms with Crippen molar-refractivity contribution in [3.63, 3.8) is 0 Å². The summed E-state index contributed by atoms with van der Waals surface area (Å²) < 4.78 is 0. The summed E-state index contributed by atoms with van der Waals surface area (Å²) in [6.07, 6.45) is 0. The van der Waals surface area contributed by atoms with E-state index in [1.54, 1.807) is 12.1 Å². The number of aromatic hydroxyl groups is 1. The van der Waals surface area contributed by atoms with E-state index in [4.69, 9.17) is 16.7 Å². The van der Waals surface area contributed by atoms with Crippen molar-refractivity contribution in [3.05, 3.63) is 23.2 Å². The van der Waals surface area contributed by atoms with Crippen LogP contribution in [0.25, 0.3) is 0 Å². The molecule has 1 N–H and O–H groups in total. The van der Waals surface area contributed by atoms with E-state index in [1.165, 1.54) is 6.07 Å². The molecule has 60 valence electrons. The van der Waals surface area contributed by atoms with Crippen molar-refractivity contribution in [1.29, 1.82) is 0 Å². The molecule has 0 atom stereocenters. The van der Waals surface area contributed by atoms with Crippen molar-refractivity contribution in [1.82, 2.24) is 0 Å². The highest BCUT2D eigenvalue weighted by atomic mass is 35.5. The van der Waals surface area contributed by atoms with E-state index >= 15 is 0 Å². The smallest absolute Gasteiger partial charge is 0.117 e. The molecule has 1 rings (SSSR count). The SMILES string of the molecule is CN(C)c1ccc(O)cc1Cl. The van der Waals surface area contributed by atoms with Crippen LogP contribution in [0.1, 0.15) is 0 Å². The molecule has 0 radical (unpaired) electrons. The van der Waals surface area contributed by atoms with E-state index in [0.29, 0.717) is 5.02 Å². The maximum atomic E-state index is 9.02. The monoisotopic (exact) mass is 171 g/mol. The van der Waals surface area contributed by atoms with E-state index in [-0.39, 0.29) is 5.75 Å². The van der Waals surface area contributed by atoms with Gasteiger partial charge in [-0.2, -0.15) is 0 Å². The third-order valence-electron chi connectivity index (χ3n) is 1.41. The summed E-state index contributed by atoms with van der Waals surface area (Å²) >= 11 is 5.82. The Hall–Kier alpha value is -0.890. The van der Waals surface area contributed by atoms with E-state index in [1.807, 2.05) is 19.0 Å². The Kier molecular flexibility index (Phi) is 2.25. The van der Waals surface area contributed by atoms with Gasteiger partial charge in [-0.15, -0.1) is 0 Å². The summed E-state index contributed by atoms with van der Waals surface area (Å²) in [7, 11) is 3.80. The lowest BCUT2D eigenvalue weighted by atomic mass is 10.3. The number of halogens is 1. The van der Waals surface area contributed by atoms with Gasteiger partial charge in [0.15, 0.2) is 0 Å². The van der Waals surface area contributed by atoms with Gasteiger partial charge in [-0.05, 0) is 12.1 Å². The molecule has 0 bridgehead atoms. The van der Waals surface area contributed by atoms with Gasteiger partial charge in [-0.1, -0.05) is 11.6 Å². The van der Waals surface area contributed by atoms with Crippen LogP contribution in [0.15, 0.2) is 18.2 Å². The number of rotatable bonds is 1. The summed E-state index contributed by atoms with van der Waals surface area (Å²) in [5.74, 6) is 0.195. The summed E-state index contributed by atoms with van der Waals surface area (Å²) in [6, 6.07) is 4.91. The van der Waals surface area contributed by atoms with Crippen LogP contribution in [-0.2, 0) is 0 Å². The van der Waals surface area contributed by atoms with Gasteiger partial charge in [0, 0.05) is 20.2 Å². The second-order valence-corrected chi connectivity index (χ2v) is 2.94. The van der Waals surface area contributed by atoms with Crippen LogP contribution in [0, 0.1) is 0 Å². The second-order valence-electron chi connectivity index (χ2n) is 2.53. The lowest BCUT2D eigenvalue weighted by Crippen LogP contribution is -2.08. The van der Waals surface area contributed by atoms with Gasteiger partial charge >= 0.3 is 0 Å². The predicted molar refractivity (Wildman–Crippen MR) is 47.4 cm³/mol. The highest BCUT2D eigenvalue weighted by molar-refractivity contribution is 6.33. The van der Waals surface area contributed by atoms with Gasteiger partial charge in [0.1, 0.15) is 5.75 Å². The molecule has 0 heterocycles. The second kappa shape index (κ2) is 3.01. The van der Waals surface area contributed by atoms with Crippen LogP contribution >= 0.6 is 11.6 Å². The molecular weight excluding hydrogens is 162 g/mol. The Morgan fingerprint density at radius 3 is 2.45 bits per heavy atom. The molecule has 0 aliphatic heterocycles. The highest BCUT2D eigenvalue weighted by Crippen LogP contribution is 2.27. The average molecular weight is 172 g/mol. The van der Waals surface area contributed by atoms with Crippen molar-refractivity contribution < 1.29 is 5.11 Å². The maximum Gasteiger partial charge on any atom is 0.117 e. The molecular formula is C8H10ClNO. The molecule has 0 aromatic heterocycles. The van der Waals surface area contributed by atoms with E-state index in [2.05, 4.69) is 0 Å². The summed E-state index contributed by atoms with van der Waals surface area (Å²) in [6.45, 7) is 0. The van der Waals surface area contributed by atoms with Crippen molar-refractivity contribution in [2.24, 2.45) is 0 Å². The number of phenolic OH excluding ortho intramolecular Hbond substituents is 1. The first kappa shape index (κ1) is 8.21. The largest absolute Gasteiger partial charge is 0.508 e. The Bertz CT molecular complexity index is 260. The molecule has 1 aromatic carbocycles. The summed E-state index contributed by atoms with van der Waals surface area (Å²) in [5, 5.41) is 9.58. The minimum Gasteiger partial charge on any atom is -0.508 e. The Morgan fingerprint density at radius 1 is 1.36 bits per heavy atom. The Morgan fingerprint density at radius 2 is 2.00 bits per heavy atom. The van der Waals surface area contributed by atoms with Gasteiger partial charge in [0.25, 0.3) is 0 Å². The Balaban J connectivity index is 3.09. The predicted octanol–water partition coefficient (Wildman–Crippen LogP) is 2.11. The average Bonchev–Trinajstić information content (AvgIpc) is 1.85. The molecule has 0 aliphatic rings. The van der Waals surface area contributed by atoms with Crippen molar-refractivity contribution in [2.75, 3.05) is 19.0 Å². The van der Waals surface area contributed by atoms with Crippen LogP contribution in [0.4, 0.5) is 5.69 Å². The van der Waals surface area contributed by atoms with Crippen molar-refractivity contribution in [3.8, 4) is 5.75 Å². The summed E-state index contributed by atoms with van der Waals surface area (Å²) in [4.78, 5) is 1.89. The van der Waals surface area contributed by atoms with Crippen LogP contribution in [0.3, 0.4) is 0 Å². The minimum absolute atomic E-state index is 0.195. The van der Waals surface area contributed by atoms with E-state index in [0.717, 1.165) is 5.69 Å². The fourth-order valence-corrected chi connectivity index (χ4v) is 1.20. The molecule has 2 nitrogen and oxygen atoms in total. The normalized spacial score (nSPS) is 9.73. The summed E-state index contributed by atoms with van der Waals surface area (Å²) in [5.41, 5.74) is 0.907. The van der Waals surface area contributed by atoms with Crippen LogP contribution in [-0.4, -0.2) is 19.2 Å². The van der Waals surface area contributed by atoms with Gasteiger partial charge in [0.2, 0.25) is 0 Å². The first-order valence-electron chi connectivity index (χ1n) is 3.27. The fourth-order valence-electron chi connectivity index (χ4n) is 0.859. The molecule has 3 heteroatoms. The highest BCUT2D eigenvalue weighted by Gasteiger charge is 2.01. The lowest BCUT2D eigenvalue weighted by Gasteiger charge is -2.13. The molecule has 0 aliphatic carbocycles. The quantitative estimate of drug-likeness (QED) is 0.700. The van der Waals surface area contributed by atoms with Crippen LogP contribution in [0.5, 0.6) is 5.75 Å². The number of benzene rings is 1. The number of anilines is 1. The van der Waals surface area contributed by atoms with Gasteiger partial charge < -0.3 is 10.0 Å². The number of phenols is 1. The number of nitrogens with zero attached hydrogens (tertiary/aromatic N) is 1. The zero-order valence-corrected chi connectivity index (χ0v) is 7.26. The number of hydrogen-bond donors (Lipinski definition) is 1. The third kappa shape index (κ3) is 1.77. The zero-order valence-electron chi connectivity index (χ0n) is 6.50. The maximum absolute atomic E-state index is 9.02. The lowest BCUT2D eigenvalue weighted by molar-refractivity contribution is 0.475. The first-order valence-corrected chi connectivity index (χ1v) is 3.65. The third-order valence-corrected chi connectivity index (χ3v) is 1.72. The fraction of sp³-hybridized carbons (Fsp3) is 0.250. The molecule has 0 fully saturated rings. The first-order chi connectivity index (χ1) is 5.11. The molecule has 1 aromatic rings. The Labute approximate surface area is 71.0 Å². The molecule has 0 unspecified atom stereocenters. The van der Waals surface area contributed by atoms with Crippen molar-refractivity contribution in [2.45, 2.75) is 0 Å². The molecule has 0 amide bonds. The minimum atomic E-state index is 0.195. The standard InChI is InChI=1S/C8H10ClNO/c1-10(2)8-4-3-6(11)5-7(8)9/h3-5,11H,1-2H3. The van der Waals surface area contributed by atoms with Gasteiger partial charge in [0.05, 0.1) is 10.7 Å². The molecule has 11 heavy (non-hydrogen) atoms. The van der Waals surface area contributed by atoms with Gasteiger partial charge in [-0.25, -0.2) is 0 Å². The van der Waals surface area contributed by atoms with E-state index in [9.17, 15) is 0 Å². The molecule has 0 saturated heterocycles.